The van der Waals surface area contributed by atoms with Crippen molar-refractivity contribution in [3.05, 3.63) is 64.8 Å². The first kappa shape index (κ1) is 18.7. The lowest BCUT2D eigenvalue weighted by molar-refractivity contribution is -0.659. The minimum atomic E-state index is 0.730. The van der Waals surface area contributed by atoms with Crippen molar-refractivity contribution in [1.29, 1.82) is 0 Å². The number of rotatable bonds is 1. The van der Waals surface area contributed by atoms with Crippen molar-refractivity contribution in [2.45, 2.75) is 52.4 Å². The number of ether oxygens (including phenoxy) is 1. The molecule has 3 aromatic carbocycles. The van der Waals surface area contributed by atoms with Crippen LogP contribution in [0.5, 0.6) is 11.5 Å². The molecule has 2 bridgehead atoms. The van der Waals surface area contributed by atoms with E-state index >= 15 is 0 Å². The van der Waals surface area contributed by atoms with Crippen molar-refractivity contribution < 1.29 is 9.30 Å². The molecule has 4 aromatic rings. The molecule has 2 nitrogen and oxygen atoms in total. The van der Waals surface area contributed by atoms with Crippen LogP contribution in [0.1, 0.15) is 53.9 Å². The molecule has 2 heterocycles. The molecule has 0 N–H and O–H groups in total. The summed E-state index contributed by atoms with van der Waals surface area (Å²) in [5.41, 5.74) is 8.01. The van der Waals surface area contributed by atoms with Crippen molar-refractivity contribution in [3.8, 4) is 22.8 Å². The summed E-state index contributed by atoms with van der Waals surface area (Å²) in [5, 5.41) is 5.06. The van der Waals surface area contributed by atoms with E-state index in [1.54, 1.807) is 0 Å². The van der Waals surface area contributed by atoms with Crippen molar-refractivity contribution in [2.75, 3.05) is 0 Å². The van der Waals surface area contributed by atoms with Crippen LogP contribution in [0, 0.1) is 32.6 Å². The highest BCUT2D eigenvalue weighted by atomic mass is 16.5. The molecule has 160 valence electrons. The Balaban J connectivity index is 1.53. The van der Waals surface area contributed by atoms with Crippen LogP contribution in [-0.2, 0) is 7.05 Å². The zero-order chi connectivity index (χ0) is 21.7. The maximum absolute atomic E-state index is 6.78. The standard InChI is InChI=1S/C30H30NO/c1-16-9-23-11-17(2)18(3)27-28(23)26(10-16)32-30-25-14-21(24-13-19-5-6-20(24)12-19)7-8-22(25)15-31(4)29(27)30/h7-11,14-15,19-20,24H,5-6,12-13H2,1-4H3/q+1. The van der Waals surface area contributed by atoms with Crippen LogP contribution in [0.3, 0.4) is 0 Å². The summed E-state index contributed by atoms with van der Waals surface area (Å²) >= 11 is 0. The van der Waals surface area contributed by atoms with Crippen molar-refractivity contribution >= 4 is 21.5 Å². The molecule has 0 radical (unpaired) electrons. The van der Waals surface area contributed by atoms with E-state index in [2.05, 4.69) is 75.0 Å². The Morgan fingerprint density at radius 3 is 2.59 bits per heavy atom. The van der Waals surface area contributed by atoms with E-state index in [0.717, 1.165) is 29.3 Å². The smallest absolute Gasteiger partial charge is 0.257 e. The zero-order valence-electron chi connectivity index (χ0n) is 19.5. The SMILES string of the molecule is Cc1cc2c3c(c(C)c(C)cc3c1)-c1c(c3cc(C4CC5CCC4C5)ccc3c[n+]1C)O2. The van der Waals surface area contributed by atoms with E-state index in [4.69, 9.17) is 4.74 Å². The molecule has 2 heteroatoms. The molecule has 2 aliphatic carbocycles. The minimum absolute atomic E-state index is 0.730. The maximum Gasteiger partial charge on any atom is 0.257 e. The van der Waals surface area contributed by atoms with Gasteiger partial charge in [-0.15, -0.1) is 0 Å². The molecule has 2 saturated carbocycles. The number of fused-ring (bicyclic) bond motifs is 6. The van der Waals surface area contributed by atoms with E-state index in [1.807, 2.05) is 0 Å². The van der Waals surface area contributed by atoms with Crippen LogP contribution >= 0.6 is 0 Å². The predicted octanol–water partition coefficient (Wildman–Crippen LogP) is 7.42. The molecule has 2 fully saturated rings. The molecular formula is C30H30NO+. The van der Waals surface area contributed by atoms with Gasteiger partial charge in [0.1, 0.15) is 12.8 Å². The average Bonchev–Trinajstić information content (AvgIpc) is 3.40. The lowest BCUT2D eigenvalue weighted by Crippen LogP contribution is -2.32. The van der Waals surface area contributed by atoms with E-state index in [1.165, 1.54) is 80.7 Å². The summed E-state index contributed by atoms with van der Waals surface area (Å²) in [6.07, 6.45) is 7.96. The van der Waals surface area contributed by atoms with Gasteiger partial charge in [-0.1, -0.05) is 24.6 Å². The quantitative estimate of drug-likeness (QED) is 0.257. The number of benzene rings is 3. The lowest BCUT2D eigenvalue weighted by Gasteiger charge is -2.25. The summed E-state index contributed by atoms with van der Waals surface area (Å²) in [5.74, 6) is 4.60. The van der Waals surface area contributed by atoms with Gasteiger partial charge in [0.05, 0.1) is 5.56 Å². The fourth-order valence-electron chi connectivity index (χ4n) is 7.10. The second kappa shape index (κ2) is 6.34. The fraction of sp³-hybridized carbons (Fsp3) is 0.367. The summed E-state index contributed by atoms with van der Waals surface area (Å²) in [6, 6.07) is 14.0. The van der Waals surface area contributed by atoms with Crippen LogP contribution in [0.2, 0.25) is 0 Å². The Hall–Kier alpha value is -2.87. The van der Waals surface area contributed by atoms with Crippen LogP contribution in [-0.4, -0.2) is 0 Å². The highest BCUT2D eigenvalue weighted by Gasteiger charge is 2.40. The van der Waals surface area contributed by atoms with Gasteiger partial charge in [-0.05, 0) is 104 Å². The molecule has 32 heavy (non-hydrogen) atoms. The second-order valence-electron chi connectivity index (χ2n) is 10.7. The molecular weight excluding hydrogens is 390 g/mol. The van der Waals surface area contributed by atoms with Crippen molar-refractivity contribution in [3.63, 3.8) is 0 Å². The lowest BCUT2D eigenvalue weighted by atomic mass is 9.82. The van der Waals surface area contributed by atoms with Crippen molar-refractivity contribution in [1.82, 2.24) is 0 Å². The van der Waals surface area contributed by atoms with Crippen LogP contribution in [0.15, 0.2) is 42.6 Å². The van der Waals surface area contributed by atoms with Crippen LogP contribution in [0.4, 0.5) is 0 Å². The van der Waals surface area contributed by atoms with Crippen LogP contribution < -0.4 is 9.30 Å². The average molecular weight is 421 g/mol. The Morgan fingerprint density at radius 1 is 0.938 bits per heavy atom. The summed E-state index contributed by atoms with van der Waals surface area (Å²) in [4.78, 5) is 0. The highest BCUT2D eigenvalue weighted by Crippen LogP contribution is 2.54. The van der Waals surface area contributed by atoms with Crippen molar-refractivity contribution in [2.24, 2.45) is 18.9 Å². The van der Waals surface area contributed by atoms with Gasteiger partial charge in [0, 0.05) is 16.2 Å². The van der Waals surface area contributed by atoms with Gasteiger partial charge in [-0.2, -0.15) is 4.57 Å². The topological polar surface area (TPSA) is 13.1 Å². The van der Waals surface area contributed by atoms with E-state index in [-0.39, 0.29) is 0 Å². The fourth-order valence-corrected chi connectivity index (χ4v) is 7.10. The normalized spacial score (nSPS) is 23.1. The molecule has 0 amide bonds. The van der Waals surface area contributed by atoms with E-state index in [9.17, 15) is 0 Å². The number of nitrogens with zero attached hydrogens (tertiary/aromatic N) is 1. The van der Waals surface area contributed by atoms with Gasteiger partial charge in [0.15, 0.2) is 6.20 Å². The monoisotopic (exact) mass is 420 g/mol. The number of hydrogen-bond acceptors (Lipinski definition) is 1. The van der Waals surface area contributed by atoms with Gasteiger partial charge >= 0.3 is 0 Å². The third kappa shape index (κ3) is 2.44. The Labute approximate surface area is 189 Å². The first-order valence-electron chi connectivity index (χ1n) is 12.2. The Kier molecular flexibility index (Phi) is 3.70. The van der Waals surface area contributed by atoms with Gasteiger partial charge in [-0.25, -0.2) is 0 Å². The number of aromatic nitrogens is 1. The Morgan fingerprint density at radius 2 is 1.81 bits per heavy atom. The van der Waals surface area contributed by atoms with E-state index in [0.29, 0.717) is 0 Å². The largest absolute Gasteiger partial charge is 0.449 e. The minimum Gasteiger partial charge on any atom is -0.449 e. The van der Waals surface area contributed by atoms with Gasteiger partial charge in [-0.3, -0.25) is 0 Å². The van der Waals surface area contributed by atoms with Crippen LogP contribution in [0.25, 0.3) is 32.8 Å². The predicted molar refractivity (Wildman–Crippen MR) is 131 cm³/mol. The highest BCUT2D eigenvalue weighted by molar-refractivity contribution is 6.07. The molecule has 1 aromatic heterocycles. The number of pyridine rings is 1. The van der Waals surface area contributed by atoms with Gasteiger partial charge in [0.2, 0.25) is 5.75 Å². The van der Waals surface area contributed by atoms with Gasteiger partial charge < -0.3 is 4.74 Å². The summed E-state index contributed by atoms with van der Waals surface area (Å²) in [7, 11) is 2.16. The number of hydrogen-bond donors (Lipinski definition) is 0. The molecule has 1 aliphatic heterocycles. The molecule has 0 saturated heterocycles. The first-order chi connectivity index (χ1) is 15.5. The zero-order valence-corrected chi connectivity index (χ0v) is 19.5. The molecule has 3 aliphatic rings. The Bertz CT molecular complexity index is 1460. The molecule has 0 spiro atoms. The molecule has 3 unspecified atom stereocenters. The molecule has 7 rings (SSSR count). The number of aryl methyl sites for hydroxylation is 3. The molecule has 3 atom stereocenters. The maximum atomic E-state index is 6.78. The second-order valence-corrected chi connectivity index (χ2v) is 10.7. The third-order valence-corrected chi connectivity index (χ3v) is 8.70. The van der Waals surface area contributed by atoms with Gasteiger partial charge in [0.25, 0.3) is 5.69 Å². The third-order valence-electron chi connectivity index (χ3n) is 8.70. The summed E-state index contributed by atoms with van der Waals surface area (Å²) < 4.78 is 9.05. The summed E-state index contributed by atoms with van der Waals surface area (Å²) in [6.45, 7) is 6.66. The van der Waals surface area contributed by atoms with E-state index < -0.39 is 0 Å². The first-order valence-corrected chi connectivity index (χ1v) is 12.2.